The Kier molecular flexibility index (Phi) is 3.14. The standard InChI is InChI=1S/C14H15ClN4O3/c1-8(20)18-6-14(2,7-18)19-5-10-9(4-11(19)21)13(22)17(3)16-12(10)15/h4-5H,6-7H2,1-3H3. The van der Waals surface area contributed by atoms with E-state index in [1.165, 1.54) is 24.6 Å². The highest BCUT2D eigenvalue weighted by Crippen LogP contribution is 2.28. The van der Waals surface area contributed by atoms with E-state index in [9.17, 15) is 14.4 Å². The third-order valence-electron chi connectivity index (χ3n) is 4.13. The SMILES string of the molecule is CC(=O)N1CC(C)(n2cc3c(Cl)nn(C)c(=O)c3cc2=O)C1. The topological polar surface area (TPSA) is 77.2 Å². The van der Waals surface area contributed by atoms with Gasteiger partial charge in [0.15, 0.2) is 5.15 Å². The van der Waals surface area contributed by atoms with Crippen LogP contribution in [0.4, 0.5) is 0 Å². The van der Waals surface area contributed by atoms with E-state index in [1.807, 2.05) is 6.92 Å². The third-order valence-corrected chi connectivity index (χ3v) is 4.41. The highest BCUT2D eigenvalue weighted by Gasteiger charge is 2.42. The number of carbonyl (C=O) groups excluding carboxylic acids is 1. The average Bonchev–Trinajstić information content (AvgIpc) is 2.40. The summed E-state index contributed by atoms with van der Waals surface area (Å²) in [4.78, 5) is 37.4. The molecule has 0 atom stereocenters. The van der Waals surface area contributed by atoms with Crippen molar-refractivity contribution in [2.75, 3.05) is 13.1 Å². The maximum Gasteiger partial charge on any atom is 0.274 e. The number of hydrogen-bond acceptors (Lipinski definition) is 4. The van der Waals surface area contributed by atoms with Crippen LogP contribution in [-0.2, 0) is 17.4 Å². The van der Waals surface area contributed by atoms with Gasteiger partial charge in [-0.05, 0) is 6.92 Å². The molecular formula is C14H15ClN4O3. The molecule has 8 heteroatoms. The summed E-state index contributed by atoms with van der Waals surface area (Å²) >= 11 is 6.10. The minimum atomic E-state index is -0.499. The van der Waals surface area contributed by atoms with Gasteiger partial charge in [-0.1, -0.05) is 11.6 Å². The fourth-order valence-electron chi connectivity index (χ4n) is 2.85. The number of likely N-dealkylation sites (tertiary alicyclic amines) is 1. The number of halogens is 1. The van der Waals surface area contributed by atoms with Crippen molar-refractivity contribution in [1.82, 2.24) is 19.2 Å². The van der Waals surface area contributed by atoms with Gasteiger partial charge in [-0.3, -0.25) is 14.4 Å². The molecule has 22 heavy (non-hydrogen) atoms. The van der Waals surface area contributed by atoms with Gasteiger partial charge in [-0.15, -0.1) is 0 Å². The van der Waals surface area contributed by atoms with E-state index in [0.29, 0.717) is 18.5 Å². The molecule has 116 valence electrons. The van der Waals surface area contributed by atoms with Gasteiger partial charge in [0, 0.05) is 44.7 Å². The Morgan fingerprint density at radius 1 is 1.32 bits per heavy atom. The normalized spacial score (nSPS) is 16.6. The van der Waals surface area contributed by atoms with Crippen LogP contribution < -0.4 is 11.1 Å². The van der Waals surface area contributed by atoms with Gasteiger partial charge in [0.05, 0.1) is 10.9 Å². The number of hydrogen-bond donors (Lipinski definition) is 0. The fraction of sp³-hybridized carbons (Fsp3) is 0.429. The average molecular weight is 323 g/mol. The molecule has 3 rings (SSSR count). The first-order valence-corrected chi connectivity index (χ1v) is 7.16. The zero-order valence-corrected chi connectivity index (χ0v) is 13.2. The van der Waals surface area contributed by atoms with Crippen LogP contribution in [0.2, 0.25) is 5.15 Å². The molecule has 7 nitrogen and oxygen atoms in total. The van der Waals surface area contributed by atoms with E-state index in [0.717, 1.165) is 4.68 Å². The first kappa shape index (κ1) is 14.8. The lowest BCUT2D eigenvalue weighted by atomic mass is 9.91. The molecule has 1 fully saturated rings. The van der Waals surface area contributed by atoms with Crippen molar-refractivity contribution in [2.24, 2.45) is 7.05 Å². The minimum Gasteiger partial charge on any atom is -0.338 e. The Morgan fingerprint density at radius 2 is 1.95 bits per heavy atom. The molecule has 1 aliphatic rings. The number of rotatable bonds is 1. The lowest BCUT2D eigenvalue weighted by molar-refractivity contribution is -0.138. The molecule has 3 heterocycles. The maximum atomic E-state index is 12.4. The first-order chi connectivity index (χ1) is 10.2. The van der Waals surface area contributed by atoms with E-state index < -0.39 is 5.54 Å². The molecule has 1 saturated heterocycles. The second-order valence-electron chi connectivity index (χ2n) is 5.90. The number of nitrogens with zero attached hydrogens (tertiary/aromatic N) is 4. The Balaban J connectivity index is 2.18. The van der Waals surface area contributed by atoms with Gasteiger partial charge in [0.2, 0.25) is 5.91 Å². The molecule has 0 aliphatic carbocycles. The molecule has 1 amide bonds. The van der Waals surface area contributed by atoms with E-state index >= 15 is 0 Å². The minimum absolute atomic E-state index is 0.0279. The van der Waals surface area contributed by atoms with E-state index in [1.54, 1.807) is 11.1 Å². The van der Waals surface area contributed by atoms with Crippen molar-refractivity contribution in [2.45, 2.75) is 19.4 Å². The molecular weight excluding hydrogens is 308 g/mol. The Bertz CT molecular complexity index is 909. The van der Waals surface area contributed by atoms with Crippen LogP contribution in [0.3, 0.4) is 0 Å². The van der Waals surface area contributed by atoms with Gasteiger partial charge in [0.25, 0.3) is 11.1 Å². The van der Waals surface area contributed by atoms with Crippen LogP contribution in [0.5, 0.6) is 0 Å². The van der Waals surface area contributed by atoms with Crippen molar-refractivity contribution in [3.63, 3.8) is 0 Å². The van der Waals surface area contributed by atoms with Crippen LogP contribution >= 0.6 is 11.6 Å². The van der Waals surface area contributed by atoms with Crippen molar-refractivity contribution in [3.8, 4) is 0 Å². The molecule has 0 unspecified atom stereocenters. The van der Waals surface area contributed by atoms with Crippen molar-refractivity contribution < 1.29 is 4.79 Å². The Labute approximate surface area is 130 Å². The first-order valence-electron chi connectivity index (χ1n) is 6.78. The molecule has 2 aromatic heterocycles. The summed E-state index contributed by atoms with van der Waals surface area (Å²) in [6.07, 6.45) is 1.56. The van der Waals surface area contributed by atoms with Gasteiger partial charge >= 0.3 is 0 Å². The number of carbonyl (C=O) groups is 1. The van der Waals surface area contributed by atoms with Gasteiger partial charge in [-0.25, -0.2) is 4.68 Å². The smallest absolute Gasteiger partial charge is 0.274 e. The van der Waals surface area contributed by atoms with Crippen molar-refractivity contribution in [3.05, 3.63) is 38.1 Å². The van der Waals surface area contributed by atoms with E-state index in [-0.39, 0.29) is 27.6 Å². The second-order valence-corrected chi connectivity index (χ2v) is 6.26. The number of aromatic nitrogens is 3. The van der Waals surface area contributed by atoms with E-state index in [4.69, 9.17) is 11.6 Å². The molecule has 1 aliphatic heterocycles. The molecule has 0 radical (unpaired) electrons. The van der Waals surface area contributed by atoms with Crippen molar-refractivity contribution >= 4 is 28.3 Å². The molecule has 0 saturated carbocycles. The van der Waals surface area contributed by atoms with Gasteiger partial charge < -0.3 is 9.47 Å². The number of aryl methyl sites for hydroxylation is 1. The molecule has 0 aromatic carbocycles. The highest BCUT2D eigenvalue weighted by atomic mass is 35.5. The fourth-order valence-corrected chi connectivity index (χ4v) is 3.12. The maximum absolute atomic E-state index is 12.4. The zero-order valence-electron chi connectivity index (χ0n) is 12.5. The highest BCUT2D eigenvalue weighted by molar-refractivity contribution is 6.34. The van der Waals surface area contributed by atoms with Crippen LogP contribution in [0.1, 0.15) is 13.8 Å². The largest absolute Gasteiger partial charge is 0.338 e. The summed E-state index contributed by atoms with van der Waals surface area (Å²) < 4.78 is 2.64. The zero-order chi connectivity index (χ0) is 16.2. The predicted octanol–water partition coefficient (Wildman–Crippen LogP) is 0.326. The van der Waals surface area contributed by atoms with Gasteiger partial charge in [-0.2, -0.15) is 5.10 Å². The predicted molar refractivity (Wildman–Crippen MR) is 82.2 cm³/mol. The van der Waals surface area contributed by atoms with Crippen LogP contribution in [0, 0.1) is 0 Å². The number of fused-ring (bicyclic) bond motifs is 1. The van der Waals surface area contributed by atoms with E-state index in [2.05, 4.69) is 5.10 Å². The molecule has 0 N–H and O–H groups in total. The monoisotopic (exact) mass is 322 g/mol. The summed E-state index contributed by atoms with van der Waals surface area (Å²) in [5.74, 6) is -0.0279. The summed E-state index contributed by atoms with van der Waals surface area (Å²) in [5, 5.41) is 4.78. The van der Waals surface area contributed by atoms with Crippen molar-refractivity contribution in [1.29, 1.82) is 0 Å². The molecule has 0 spiro atoms. The quantitative estimate of drug-likeness (QED) is 0.758. The second kappa shape index (κ2) is 4.67. The molecule has 0 bridgehead atoms. The van der Waals surface area contributed by atoms with Crippen LogP contribution in [-0.4, -0.2) is 38.2 Å². The Morgan fingerprint density at radius 3 is 2.55 bits per heavy atom. The lowest BCUT2D eigenvalue weighted by Gasteiger charge is -2.48. The lowest BCUT2D eigenvalue weighted by Crippen LogP contribution is -2.64. The summed E-state index contributed by atoms with van der Waals surface area (Å²) in [6, 6.07) is 1.28. The third kappa shape index (κ3) is 2.04. The Hall–Kier alpha value is -2.15. The summed E-state index contributed by atoms with van der Waals surface area (Å²) in [6.45, 7) is 4.28. The van der Waals surface area contributed by atoms with Gasteiger partial charge in [0.1, 0.15) is 0 Å². The number of pyridine rings is 1. The van der Waals surface area contributed by atoms with Crippen LogP contribution in [0.15, 0.2) is 21.9 Å². The summed E-state index contributed by atoms with van der Waals surface area (Å²) in [7, 11) is 1.48. The number of amides is 1. The summed E-state index contributed by atoms with van der Waals surface area (Å²) in [5.41, 5.74) is -1.16. The molecule has 2 aromatic rings. The van der Waals surface area contributed by atoms with Crippen LogP contribution in [0.25, 0.3) is 10.8 Å².